The molecule has 9 nitrogen and oxygen atoms in total. The largest absolute Gasteiger partial charge is 0.493 e. The number of rotatable bonds is 9. The lowest BCUT2D eigenvalue weighted by Crippen LogP contribution is -2.18. The van der Waals surface area contributed by atoms with Gasteiger partial charge < -0.3 is 19.7 Å². The summed E-state index contributed by atoms with van der Waals surface area (Å²) in [6.07, 6.45) is 1.31. The molecule has 0 spiro atoms. The molecule has 188 valence electrons. The van der Waals surface area contributed by atoms with Gasteiger partial charge in [0, 0.05) is 27.9 Å². The topological polar surface area (TPSA) is 132 Å². The van der Waals surface area contributed by atoms with Gasteiger partial charge >= 0.3 is 11.9 Å². The Morgan fingerprint density at radius 3 is 2.37 bits per heavy atom. The molecule has 1 saturated carbocycles. The van der Waals surface area contributed by atoms with Crippen molar-refractivity contribution in [3.05, 3.63) is 53.1 Å². The summed E-state index contributed by atoms with van der Waals surface area (Å²) in [5.41, 5.74) is 2.06. The molecule has 3 unspecified atom stereocenters. The van der Waals surface area contributed by atoms with E-state index in [4.69, 9.17) is 9.47 Å². The van der Waals surface area contributed by atoms with Gasteiger partial charge in [0.15, 0.2) is 0 Å². The zero-order chi connectivity index (χ0) is 25.5. The van der Waals surface area contributed by atoms with Crippen LogP contribution in [0.2, 0.25) is 0 Å². The molecule has 2 bridgehead atoms. The highest BCUT2D eigenvalue weighted by Gasteiger charge is 2.51. The van der Waals surface area contributed by atoms with Crippen LogP contribution in [0.25, 0.3) is 0 Å². The van der Waals surface area contributed by atoms with Crippen molar-refractivity contribution in [1.82, 2.24) is 3.97 Å². The van der Waals surface area contributed by atoms with Gasteiger partial charge in [0.1, 0.15) is 13.2 Å². The molecule has 0 radical (unpaired) electrons. The highest BCUT2D eigenvalue weighted by atomic mass is 32.2. The molecule has 1 aromatic heterocycles. The standard InChI is InChI=1S/C24H27NO8S2/c1-13(2)24(29)33-9-8-32-19(26)12-34-18-11-15-10-17(18)21-20(15)22(27)25(23(21)28)35(30,31)16-6-4-14(3)5-7-16/h4-7,15,17-18,27-28H,1,8-12H2,2-3H3. The van der Waals surface area contributed by atoms with Crippen molar-refractivity contribution in [2.75, 3.05) is 19.0 Å². The minimum atomic E-state index is -4.19. The van der Waals surface area contributed by atoms with Crippen LogP contribution in [0.5, 0.6) is 11.8 Å². The molecule has 0 aliphatic heterocycles. The Labute approximate surface area is 207 Å². The maximum Gasteiger partial charge on any atom is 0.333 e. The highest BCUT2D eigenvalue weighted by molar-refractivity contribution is 8.00. The van der Waals surface area contributed by atoms with E-state index in [2.05, 4.69) is 6.58 Å². The minimum Gasteiger partial charge on any atom is -0.493 e. The third kappa shape index (κ3) is 4.66. The van der Waals surface area contributed by atoms with E-state index in [1.165, 1.54) is 30.8 Å². The Bertz CT molecular complexity index is 1280. The molecule has 2 aliphatic rings. The molecule has 1 fully saturated rings. The highest BCUT2D eigenvalue weighted by Crippen LogP contribution is 2.62. The fourth-order valence-corrected chi connectivity index (χ4v) is 7.35. The number of aryl methyl sites for hydroxylation is 1. The van der Waals surface area contributed by atoms with E-state index in [-0.39, 0.29) is 46.5 Å². The van der Waals surface area contributed by atoms with Crippen molar-refractivity contribution in [2.24, 2.45) is 0 Å². The molecular weight excluding hydrogens is 494 g/mol. The number of ether oxygens (including phenoxy) is 2. The number of aromatic nitrogens is 1. The molecule has 2 aliphatic carbocycles. The van der Waals surface area contributed by atoms with Gasteiger partial charge in [0.05, 0.1) is 10.6 Å². The molecule has 1 aromatic carbocycles. The second-order valence-electron chi connectivity index (χ2n) is 8.82. The predicted molar refractivity (Wildman–Crippen MR) is 129 cm³/mol. The normalized spacial score (nSPS) is 20.5. The van der Waals surface area contributed by atoms with Crippen molar-refractivity contribution in [3.8, 4) is 11.8 Å². The number of aromatic hydroxyl groups is 2. The van der Waals surface area contributed by atoms with Crippen molar-refractivity contribution in [2.45, 2.75) is 48.7 Å². The van der Waals surface area contributed by atoms with Gasteiger partial charge in [-0.2, -0.15) is 3.97 Å². The summed E-state index contributed by atoms with van der Waals surface area (Å²) in [6.45, 7) is 6.70. The number of hydrogen-bond donors (Lipinski definition) is 2. The van der Waals surface area contributed by atoms with E-state index in [1.807, 2.05) is 6.92 Å². The lowest BCUT2D eigenvalue weighted by atomic mass is 9.94. The maximum absolute atomic E-state index is 13.2. The van der Waals surface area contributed by atoms with Crippen LogP contribution in [-0.4, -0.2) is 58.8 Å². The SMILES string of the molecule is C=C(C)C(=O)OCCOC(=O)CSC1CC2CC1c1c2c(O)n(S(=O)(=O)c2ccc(C)cc2)c1O. The van der Waals surface area contributed by atoms with Gasteiger partial charge in [-0.1, -0.05) is 24.3 Å². The smallest absolute Gasteiger partial charge is 0.333 e. The van der Waals surface area contributed by atoms with E-state index in [0.29, 0.717) is 27.9 Å². The monoisotopic (exact) mass is 521 g/mol. The van der Waals surface area contributed by atoms with Crippen LogP contribution < -0.4 is 0 Å². The zero-order valence-electron chi connectivity index (χ0n) is 19.4. The van der Waals surface area contributed by atoms with Crippen LogP contribution in [0, 0.1) is 6.92 Å². The number of hydrogen-bond acceptors (Lipinski definition) is 9. The van der Waals surface area contributed by atoms with E-state index < -0.39 is 33.7 Å². The predicted octanol–water partition coefficient (Wildman–Crippen LogP) is 3.18. The van der Waals surface area contributed by atoms with Crippen LogP contribution in [0.3, 0.4) is 0 Å². The molecular formula is C24H27NO8S2. The van der Waals surface area contributed by atoms with Gasteiger partial charge in [-0.05, 0) is 44.7 Å². The van der Waals surface area contributed by atoms with Gasteiger partial charge in [-0.25, -0.2) is 13.2 Å². The van der Waals surface area contributed by atoms with Crippen LogP contribution in [-0.2, 0) is 29.1 Å². The number of nitrogens with zero attached hydrogens (tertiary/aromatic N) is 1. The van der Waals surface area contributed by atoms with Crippen molar-refractivity contribution >= 4 is 33.7 Å². The minimum absolute atomic E-state index is 0.0303. The van der Waals surface area contributed by atoms with Crippen LogP contribution in [0.4, 0.5) is 0 Å². The number of thioether (sulfide) groups is 1. The second kappa shape index (κ2) is 9.62. The summed E-state index contributed by atoms with van der Waals surface area (Å²) in [6, 6.07) is 6.18. The maximum atomic E-state index is 13.2. The Kier molecular flexibility index (Phi) is 6.92. The molecule has 11 heteroatoms. The van der Waals surface area contributed by atoms with Crippen molar-refractivity contribution < 1.29 is 37.7 Å². The van der Waals surface area contributed by atoms with E-state index in [0.717, 1.165) is 5.56 Å². The van der Waals surface area contributed by atoms with Crippen LogP contribution in [0.1, 0.15) is 48.3 Å². The summed E-state index contributed by atoms with van der Waals surface area (Å²) >= 11 is 1.37. The first kappa shape index (κ1) is 25.2. The fraction of sp³-hybridized carbons (Fsp3) is 0.417. The number of carbonyl (C=O) groups is 2. The van der Waals surface area contributed by atoms with Crippen LogP contribution >= 0.6 is 11.8 Å². The first-order valence-corrected chi connectivity index (χ1v) is 13.6. The molecule has 1 heterocycles. The lowest BCUT2D eigenvalue weighted by molar-refractivity contribution is -0.148. The Morgan fingerprint density at radius 2 is 1.71 bits per heavy atom. The van der Waals surface area contributed by atoms with E-state index in [1.54, 1.807) is 12.1 Å². The number of benzene rings is 1. The summed E-state index contributed by atoms with van der Waals surface area (Å²) < 4.78 is 36.9. The Morgan fingerprint density at radius 1 is 1.09 bits per heavy atom. The van der Waals surface area contributed by atoms with E-state index >= 15 is 0 Å². The molecule has 4 rings (SSSR count). The first-order valence-electron chi connectivity index (χ1n) is 11.1. The van der Waals surface area contributed by atoms with Crippen molar-refractivity contribution in [3.63, 3.8) is 0 Å². The summed E-state index contributed by atoms with van der Waals surface area (Å²) in [5, 5.41) is 21.7. The fourth-order valence-electron chi connectivity index (χ4n) is 4.72. The average molecular weight is 522 g/mol. The molecule has 2 aromatic rings. The zero-order valence-corrected chi connectivity index (χ0v) is 21.0. The van der Waals surface area contributed by atoms with Gasteiger partial charge in [0.2, 0.25) is 11.8 Å². The first-order chi connectivity index (χ1) is 16.5. The average Bonchev–Trinajstić information content (AvgIpc) is 3.46. The number of carbonyl (C=O) groups excluding carboxylic acids is 2. The third-order valence-electron chi connectivity index (χ3n) is 6.34. The van der Waals surface area contributed by atoms with Crippen LogP contribution in [0.15, 0.2) is 41.3 Å². The van der Waals surface area contributed by atoms with Gasteiger partial charge in [-0.3, -0.25) is 4.79 Å². The second-order valence-corrected chi connectivity index (χ2v) is 11.8. The lowest BCUT2D eigenvalue weighted by Gasteiger charge is -2.21. The van der Waals surface area contributed by atoms with Gasteiger partial charge in [-0.15, -0.1) is 11.8 Å². The quantitative estimate of drug-likeness (QED) is 0.290. The molecule has 2 N–H and O–H groups in total. The van der Waals surface area contributed by atoms with Crippen molar-refractivity contribution in [1.29, 1.82) is 0 Å². The van der Waals surface area contributed by atoms with E-state index in [9.17, 15) is 28.2 Å². The molecule has 0 saturated heterocycles. The molecule has 35 heavy (non-hydrogen) atoms. The third-order valence-corrected chi connectivity index (χ3v) is 9.39. The molecule has 0 amide bonds. The Balaban J connectivity index is 1.42. The molecule has 3 atom stereocenters. The summed E-state index contributed by atoms with van der Waals surface area (Å²) in [4.78, 5) is 23.4. The Hall–Kier alpha value is -2.92. The number of fused-ring (bicyclic) bond motifs is 5. The number of esters is 2. The summed E-state index contributed by atoms with van der Waals surface area (Å²) in [5.74, 6) is -2.17. The summed E-state index contributed by atoms with van der Waals surface area (Å²) in [7, 11) is -4.19. The van der Waals surface area contributed by atoms with Gasteiger partial charge in [0.25, 0.3) is 10.0 Å².